The Morgan fingerprint density at radius 3 is 2.37 bits per heavy atom. The lowest BCUT2D eigenvalue weighted by Gasteiger charge is -2.35. The lowest BCUT2D eigenvalue weighted by Crippen LogP contribution is -2.49. The molecule has 1 saturated heterocycles. The molecule has 0 spiro atoms. The second-order valence-electron chi connectivity index (χ2n) is 6.71. The maximum Gasteiger partial charge on any atom is 0.287 e. The monoisotopic (exact) mass is 369 g/mol. The molecule has 1 aliphatic rings. The summed E-state index contributed by atoms with van der Waals surface area (Å²) in [6, 6.07) is 9.08. The van der Waals surface area contributed by atoms with Gasteiger partial charge in [0.15, 0.2) is 0 Å². The molecule has 0 bridgehead atoms. The number of rotatable bonds is 5. The molecule has 2 aromatic rings. The molecule has 0 atom stereocenters. The maximum absolute atomic E-state index is 12.4. The van der Waals surface area contributed by atoms with Crippen LogP contribution >= 0.6 is 0 Å². The molecule has 8 heteroatoms. The minimum Gasteiger partial charge on any atom is -0.354 e. The Bertz CT molecular complexity index is 809. The molecule has 1 fully saturated rings. The first-order valence-electron chi connectivity index (χ1n) is 8.88. The Labute approximate surface area is 158 Å². The zero-order valence-electron chi connectivity index (χ0n) is 15.5. The summed E-state index contributed by atoms with van der Waals surface area (Å²) in [7, 11) is 0. The summed E-state index contributed by atoms with van der Waals surface area (Å²) >= 11 is 0. The van der Waals surface area contributed by atoms with Gasteiger partial charge in [-0.05, 0) is 31.0 Å². The largest absolute Gasteiger partial charge is 0.354 e. The third-order valence-corrected chi connectivity index (χ3v) is 4.75. The van der Waals surface area contributed by atoms with Crippen molar-refractivity contribution in [3.05, 3.63) is 57.8 Å². The molecule has 0 saturated carbocycles. The number of hydrogen-bond donors (Lipinski definition) is 1. The number of carbonyl (C=O) groups excluding carboxylic acids is 1. The predicted molar refractivity (Wildman–Crippen MR) is 104 cm³/mol. The van der Waals surface area contributed by atoms with Crippen LogP contribution in [0, 0.1) is 24.0 Å². The molecule has 2 heterocycles. The van der Waals surface area contributed by atoms with Gasteiger partial charge in [-0.25, -0.2) is 4.98 Å². The Hall–Kier alpha value is -3.00. The van der Waals surface area contributed by atoms with E-state index in [1.54, 1.807) is 6.07 Å². The first-order chi connectivity index (χ1) is 12.9. The van der Waals surface area contributed by atoms with E-state index in [4.69, 9.17) is 0 Å². The van der Waals surface area contributed by atoms with Crippen LogP contribution in [0.15, 0.2) is 36.5 Å². The number of aryl methyl sites for hydroxylation is 2. The van der Waals surface area contributed by atoms with Crippen molar-refractivity contribution in [2.45, 2.75) is 13.8 Å². The highest BCUT2D eigenvalue weighted by atomic mass is 16.6. The van der Waals surface area contributed by atoms with Gasteiger partial charge >= 0.3 is 0 Å². The third-order valence-electron chi connectivity index (χ3n) is 4.75. The van der Waals surface area contributed by atoms with Crippen molar-refractivity contribution in [2.75, 3.05) is 42.9 Å². The molecular formula is C19H23N5O3. The summed E-state index contributed by atoms with van der Waals surface area (Å²) in [6.07, 6.45) is 1.28. The lowest BCUT2D eigenvalue weighted by atomic mass is 10.1. The normalized spacial score (nSPS) is 14.8. The summed E-state index contributed by atoms with van der Waals surface area (Å²) in [5.41, 5.74) is 2.98. The van der Waals surface area contributed by atoms with Crippen LogP contribution in [0.25, 0.3) is 0 Å². The van der Waals surface area contributed by atoms with Crippen molar-refractivity contribution in [1.29, 1.82) is 0 Å². The van der Waals surface area contributed by atoms with Gasteiger partial charge in [0.1, 0.15) is 12.0 Å². The molecule has 1 aromatic heterocycles. The zero-order valence-corrected chi connectivity index (χ0v) is 15.5. The fraction of sp³-hybridized carbons (Fsp3) is 0.368. The van der Waals surface area contributed by atoms with E-state index >= 15 is 0 Å². The van der Waals surface area contributed by atoms with Crippen LogP contribution in [-0.4, -0.2) is 53.4 Å². The van der Waals surface area contributed by atoms with Gasteiger partial charge in [0, 0.05) is 37.9 Å². The quantitative estimate of drug-likeness (QED) is 0.643. The number of amides is 1. The fourth-order valence-electron chi connectivity index (χ4n) is 3.20. The van der Waals surface area contributed by atoms with Gasteiger partial charge in [-0.2, -0.15) is 0 Å². The third kappa shape index (κ3) is 4.59. The Morgan fingerprint density at radius 1 is 1.15 bits per heavy atom. The molecule has 0 radical (unpaired) electrons. The van der Waals surface area contributed by atoms with E-state index < -0.39 is 4.92 Å². The SMILES string of the molecule is Cc1cccc(C)c1NC(=O)CN1CCN(c2ccc([N+](=O)[O-])cn2)CC1. The number of carbonyl (C=O) groups is 1. The van der Waals surface area contributed by atoms with Crippen LogP contribution in [0.1, 0.15) is 11.1 Å². The van der Waals surface area contributed by atoms with Gasteiger partial charge < -0.3 is 10.2 Å². The van der Waals surface area contributed by atoms with Crippen LogP contribution in [0.3, 0.4) is 0 Å². The van der Waals surface area contributed by atoms with Crippen LogP contribution in [-0.2, 0) is 4.79 Å². The minimum atomic E-state index is -0.455. The van der Waals surface area contributed by atoms with E-state index in [1.165, 1.54) is 12.3 Å². The highest BCUT2D eigenvalue weighted by molar-refractivity contribution is 5.93. The average Bonchev–Trinajstić information content (AvgIpc) is 2.65. The van der Waals surface area contributed by atoms with E-state index in [1.807, 2.05) is 32.0 Å². The molecule has 1 N–H and O–H groups in total. The summed E-state index contributed by atoms with van der Waals surface area (Å²) in [4.78, 5) is 31.0. The number of para-hydroxylation sites is 1. The van der Waals surface area contributed by atoms with Crippen LogP contribution in [0.2, 0.25) is 0 Å². The molecule has 8 nitrogen and oxygen atoms in total. The van der Waals surface area contributed by atoms with E-state index in [0.29, 0.717) is 6.54 Å². The maximum atomic E-state index is 12.4. The minimum absolute atomic E-state index is 0.0134. The zero-order chi connectivity index (χ0) is 19.4. The fourth-order valence-corrected chi connectivity index (χ4v) is 3.20. The van der Waals surface area contributed by atoms with Gasteiger partial charge in [0.25, 0.3) is 5.69 Å². The number of aromatic nitrogens is 1. The van der Waals surface area contributed by atoms with Crippen LogP contribution in [0.4, 0.5) is 17.2 Å². The highest BCUT2D eigenvalue weighted by Crippen LogP contribution is 2.20. The van der Waals surface area contributed by atoms with E-state index in [0.717, 1.165) is 48.8 Å². The molecule has 1 amide bonds. The van der Waals surface area contributed by atoms with Crippen molar-refractivity contribution in [1.82, 2.24) is 9.88 Å². The van der Waals surface area contributed by atoms with Crippen LogP contribution < -0.4 is 10.2 Å². The molecule has 0 unspecified atom stereocenters. The Morgan fingerprint density at radius 2 is 1.81 bits per heavy atom. The summed E-state index contributed by atoms with van der Waals surface area (Å²) in [5.74, 6) is 0.703. The second kappa shape index (κ2) is 8.13. The van der Waals surface area contributed by atoms with Crippen molar-refractivity contribution in [2.24, 2.45) is 0 Å². The number of piperazine rings is 1. The first kappa shape index (κ1) is 18.8. The van der Waals surface area contributed by atoms with E-state index in [-0.39, 0.29) is 11.6 Å². The molecule has 142 valence electrons. The van der Waals surface area contributed by atoms with Gasteiger partial charge in [0.05, 0.1) is 11.5 Å². The number of pyridine rings is 1. The number of hydrogen-bond acceptors (Lipinski definition) is 6. The Kier molecular flexibility index (Phi) is 5.66. The second-order valence-corrected chi connectivity index (χ2v) is 6.71. The van der Waals surface area contributed by atoms with Gasteiger partial charge in [-0.15, -0.1) is 0 Å². The number of nitro groups is 1. The summed E-state index contributed by atoms with van der Waals surface area (Å²) < 4.78 is 0. The molecular weight excluding hydrogens is 346 g/mol. The molecule has 27 heavy (non-hydrogen) atoms. The van der Waals surface area contributed by atoms with Crippen molar-refractivity contribution >= 4 is 23.1 Å². The van der Waals surface area contributed by atoms with Crippen LogP contribution in [0.5, 0.6) is 0 Å². The average molecular weight is 369 g/mol. The van der Waals surface area contributed by atoms with E-state index in [9.17, 15) is 14.9 Å². The van der Waals surface area contributed by atoms with Crippen molar-refractivity contribution < 1.29 is 9.72 Å². The smallest absolute Gasteiger partial charge is 0.287 e. The number of nitrogens with one attached hydrogen (secondary N) is 1. The summed E-state index contributed by atoms with van der Waals surface area (Å²) in [6.45, 7) is 7.23. The van der Waals surface area contributed by atoms with E-state index in [2.05, 4.69) is 20.1 Å². The van der Waals surface area contributed by atoms with Gasteiger partial charge in [-0.3, -0.25) is 19.8 Å². The molecule has 1 aliphatic heterocycles. The molecule has 0 aliphatic carbocycles. The standard InChI is InChI=1S/C19H23N5O3/c1-14-4-3-5-15(2)19(14)21-18(25)13-22-8-10-23(11-9-22)17-7-6-16(12-20-17)24(26)27/h3-7,12H,8-11,13H2,1-2H3,(H,21,25). The topological polar surface area (TPSA) is 91.6 Å². The molecule has 1 aromatic carbocycles. The van der Waals surface area contributed by atoms with Gasteiger partial charge in [0.2, 0.25) is 5.91 Å². The van der Waals surface area contributed by atoms with Crippen molar-refractivity contribution in [3.8, 4) is 0 Å². The van der Waals surface area contributed by atoms with Gasteiger partial charge in [-0.1, -0.05) is 18.2 Å². The predicted octanol–water partition coefficient (Wildman–Crippen LogP) is 2.37. The summed E-state index contributed by atoms with van der Waals surface area (Å²) in [5, 5.41) is 13.7. The number of anilines is 2. The number of nitrogens with zero attached hydrogens (tertiary/aromatic N) is 4. The molecule has 3 rings (SSSR count). The lowest BCUT2D eigenvalue weighted by molar-refractivity contribution is -0.385. The first-order valence-corrected chi connectivity index (χ1v) is 8.88. The highest BCUT2D eigenvalue weighted by Gasteiger charge is 2.21. The Balaban J connectivity index is 1.52. The van der Waals surface area contributed by atoms with Crippen molar-refractivity contribution in [3.63, 3.8) is 0 Å². The number of benzene rings is 1.